The number of halogens is 1. The normalized spacial score (nSPS) is 18.2. The van der Waals surface area contributed by atoms with E-state index in [2.05, 4.69) is 0 Å². The lowest BCUT2D eigenvalue weighted by molar-refractivity contribution is -0.122. The Bertz CT molecular complexity index is 912. The maximum absolute atomic E-state index is 13.6. The van der Waals surface area contributed by atoms with Gasteiger partial charge in [0, 0.05) is 6.54 Å². The number of primary amides is 1. The van der Waals surface area contributed by atoms with Crippen molar-refractivity contribution in [3.8, 4) is 0 Å². The van der Waals surface area contributed by atoms with E-state index in [9.17, 15) is 17.6 Å². The van der Waals surface area contributed by atoms with E-state index in [-0.39, 0.29) is 17.9 Å². The number of sulfonamides is 1. The van der Waals surface area contributed by atoms with Crippen molar-refractivity contribution in [1.82, 2.24) is 4.31 Å². The molecule has 1 heterocycles. The molecule has 3 rings (SSSR count). The lowest BCUT2D eigenvalue weighted by Crippen LogP contribution is -2.51. The van der Waals surface area contributed by atoms with Gasteiger partial charge in [0.05, 0.1) is 4.90 Å². The van der Waals surface area contributed by atoms with E-state index in [0.29, 0.717) is 5.56 Å². The monoisotopic (exact) mass is 348 g/mol. The SMILES string of the molecule is Cc1ccc(F)cc1S(=O)(=O)N1Cc2ccccc2C[C@@H]1C(N)=O. The summed E-state index contributed by atoms with van der Waals surface area (Å²) >= 11 is 0. The fraction of sp³-hybridized carbons (Fsp3) is 0.235. The number of aryl methyl sites for hydroxylation is 1. The fourth-order valence-electron chi connectivity index (χ4n) is 2.97. The standard InChI is InChI=1S/C17H17FN2O3S/c1-11-6-7-14(18)9-16(11)24(22,23)20-10-13-5-3-2-4-12(13)8-15(20)17(19)21/h2-7,9,15H,8,10H2,1H3,(H2,19,21)/t15-/m1/s1. The van der Waals surface area contributed by atoms with E-state index in [1.165, 1.54) is 12.1 Å². The molecule has 7 heteroatoms. The van der Waals surface area contributed by atoms with Crippen molar-refractivity contribution < 1.29 is 17.6 Å². The molecule has 0 saturated carbocycles. The van der Waals surface area contributed by atoms with Gasteiger partial charge in [0.15, 0.2) is 0 Å². The van der Waals surface area contributed by atoms with Crippen LogP contribution in [0.4, 0.5) is 4.39 Å². The van der Waals surface area contributed by atoms with Gasteiger partial charge >= 0.3 is 0 Å². The number of carbonyl (C=O) groups is 1. The van der Waals surface area contributed by atoms with Gasteiger partial charge in [0.1, 0.15) is 11.9 Å². The summed E-state index contributed by atoms with van der Waals surface area (Å²) in [6.07, 6.45) is 0.207. The Labute approximate surface area is 139 Å². The molecule has 1 aliphatic heterocycles. The molecule has 0 unspecified atom stereocenters. The number of hydrogen-bond acceptors (Lipinski definition) is 3. The molecule has 0 saturated heterocycles. The highest BCUT2D eigenvalue weighted by molar-refractivity contribution is 7.89. The molecule has 0 spiro atoms. The van der Waals surface area contributed by atoms with Crippen LogP contribution in [-0.4, -0.2) is 24.7 Å². The van der Waals surface area contributed by atoms with Crippen molar-refractivity contribution in [1.29, 1.82) is 0 Å². The number of hydrogen-bond donors (Lipinski definition) is 1. The third kappa shape index (κ3) is 2.81. The van der Waals surface area contributed by atoms with Crippen LogP contribution < -0.4 is 5.73 Å². The number of carbonyl (C=O) groups excluding carboxylic acids is 1. The molecule has 2 N–H and O–H groups in total. The van der Waals surface area contributed by atoms with Crippen molar-refractivity contribution in [3.05, 3.63) is 65.0 Å². The molecule has 1 atom stereocenters. The van der Waals surface area contributed by atoms with Gasteiger partial charge in [-0.15, -0.1) is 0 Å². The Morgan fingerprint density at radius 2 is 1.88 bits per heavy atom. The van der Waals surface area contributed by atoms with Gasteiger partial charge in [-0.1, -0.05) is 30.3 Å². The molecule has 1 aliphatic rings. The molecular formula is C17H17FN2O3S. The van der Waals surface area contributed by atoms with Crippen LogP contribution in [0.15, 0.2) is 47.4 Å². The summed E-state index contributed by atoms with van der Waals surface area (Å²) in [7, 11) is -4.06. The molecule has 2 aromatic carbocycles. The summed E-state index contributed by atoms with van der Waals surface area (Å²) < 4.78 is 40.7. The molecule has 2 aromatic rings. The maximum atomic E-state index is 13.6. The van der Waals surface area contributed by atoms with Crippen molar-refractivity contribution in [2.45, 2.75) is 30.8 Å². The topological polar surface area (TPSA) is 80.5 Å². The number of nitrogens with zero attached hydrogens (tertiary/aromatic N) is 1. The highest BCUT2D eigenvalue weighted by atomic mass is 32.2. The first-order valence-corrected chi connectivity index (χ1v) is 8.89. The van der Waals surface area contributed by atoms with Crippen molar-refractivity contribution in [2.75, 3.05) is 0 Å². The Morgan fingerprint density at radius 3 is 2.54 bits per heavy atom. The predicted molar refractivity (Wildman–Crippen MR) is 87.0 cm³/mol. The van der Waals surface area contributed by atoms with Crippen LogP contribution in [0, 0.1) is 12.7 Å². The van der Waals surface area contributed by atoms with Gasteiger partial charge in [-0.05, 0) is 42.2 Å². The van der Waals surface area contributed by atoms with Crippen molar-refractivity contribution in [2.24, 2.45) is 5.73 Å². The van der Waals surface area contributed by atoms with Crippen LogP contribution in [0.1, 0.15) is 16.7 Å². The van der Waals surface area contributed by atoms with E-state index < -0.39 is 27.8 Å². The molecule has 5 nitrogen and oxygen atoms in total. The summed E-state index contributed by atoms with van der Waals surface area (Å²) in [6, 6.07) is 9.89. The van der Waals surface area contributed by atoms with E-state index in [0.717, 1.165) is 21.5 Å². The lowest BCUT2D eigenvalue weighted by Gasteiger charge is -2.34. The second kappa shape index (κ2) is 5.99. The number of fused-ring (bicyclic) bond motifs is 1. The number of rotatable bonds is 3. The average molecular weight is 348 g/mol. The van der Waals surface area contributed by atoms with Crippen molar-refractivity contribution >= 4 is 15.9 Å². The first-order chi connectivity index (χ1) is 11.3. The highest BCUT2D eigenvalue weighted by Crippen LogP contribution is 2.30. The smallest absolute Gasteiger partial charge is 0.244 e. The molecule has 24 heavy (non-hydrogen) atoms. The third-order valence-corrected chi connectivity index (χ3v) is 6.27. The van der Waals surface area contributed by atoms with E-state index in [1.807, 2.05) is 24.3 Å². The quantitative estimate of drug-likeness (QED) is 0.917. The van der Waals surface area contributed by atoms with Gasteiger partial charge in [-0.3, -0.25) is 4.79 Å². The van der Waals surface area contributed by atoms with Crippen LogP contribution >= 0.6 is 0 Å². The number of nitrogens with two attached hydrogens (primary N) is 1. The second-order valence-electron chi connectivity index (χ2n) is 5.85. The Balaban J connectivity index is 2.11. The van der Waals surface area contributed by atoms with Crippen LogP contribution in [0.25, 0.3) is 0 Å². The predicted octanol–water partition coefficient (Wildman–Crippen LogP) is 1.74. The molecule has 0 aliphatic carbocycles. The zero-order valence-electron chi connectivity index (χ0n) is 13.1. The average Bonchev–Trinajstić information content (AvgIpc) is 2.55. The zero-order valence-corrected chi connectivity index (χ0v) is 13.9. The molecule has 126 valence electrons. The molecule has 0 bridgehead atoms. The molecule has 0 aromatic heterocycles. The van der Waals surface area contributed by atoms with Crippen LogP contribution in [0.5, 0.6) is 0 Å². The minimum Gasteiger partial charge on any atom is -0.368 e. The lowest BCUT2D eigenvalue weighted by atomic mass is 9.96. The second-order valence-corrected chi connectivity index (χ2v) is 7.71. The first-order valence-electron chi connectivity index (χ1n) is 7.45. The highest BCUT2D eigenvalue weighted by Gasteiger charge is 2.39. The van der Waals surface area contributed by atoms with E-state index in [4.69, 9.17) is 5.73 Å². The van der Waals surface area contributed by atoms with Crippen molar-refractivity contribution in [3.63, 3.8) is 0 Å². The van der Waals surface area contributed by atoms with Gasteiger partial charge < -0.3 is 5.73 Å². The molecule has 1 amide bonds. The summed E-state index contributed by atoms with van der Waals surface area (Å²) in [6.45, 7) is 1.62. The maximum Gasteiger partial charge on any atom is 0.244 e. The summed E-state index contributed by atoms with van der Waals surface area (Å²) in [5, 5.41) is 0. The van der Waals surface area contributed by atoms with E-state index >= 15 is 0 Å². The van der Waals surface area contributed by atoms with Gasteiger partial charge in [0.2, 0.25) is 15.9 Å². The fourth-order valence-corrected chi connectivity index (χ4v) is 4.78. The summed E-state index contributed by atoms with van der Waals surface area (Å²) in [5.74, 6) is -1.37. The Morgan fingerprint density at radius 1 is 1.21 bits per heavy atom. The van der Waals surface area contributed by atoms with Gasteiger partial charge in [-0.25, -0.2) is 12.8 Å². The summed E-state index contributed by atoms with van der Waals surface area (Å²) in [5.41, 5.74) is 7.56. The minimum absolute atomic E-state index is 0.0298. The Hall–Kier alpha value is -2.25. The largest absolute Gasteiger partial charge is 0.368 e. The number of amides is 1. The van der Waals surface area contributed by atoms with Gasteiger partial charge in [0.25, 0.3) is 0 Å². The molecule has 0 fully saturated rings. The zero-order chi connectivity index (χ0) is 17.5. The summed E-state index contributed by atoms with van der Waals surface area (Å²) in [4.78, 5) is 11.7. The first kappa shape index (κ1) is 16.6. The molecule has 0 radical (unpaired) electrons. The number of benzene rings is 2. The van der Waals surface area contributed by atoms with Crippen LogP contribution in [-0.2, 0) is 27.8 Å². The molecular weight excluding hydrogens is 331 g/mol. The Kier molecular flexibility index (Phi) is 4.15. The van der Waals surface area contributed by atoms with Crippen LogP contribution in [0.3, 0.4) is 0 Å². The van der Waals surface area contributed by atoms with Crippen LogP contribution in [0.2, 0.25) is 0 Å². The third-order valence-electron chi connectivity index (χ3n) is 4.27. The van der Waals surface area contributed by atoms with Gasteiger partial charge in [-0.2, -0.15) is 4.31 Å². The minimum atomic E-state index is -4.06. The van der Waals surface area contributed by atoms with E-state index in [1.54, 1.807) is 6.92 Å².